The lowest BCUT2D eigenvalue weighted by molar-refractivity contribution is -0.141. The van der Waals surface area contributed by atoms with Crippen LogP contribution in [-0.4, -0.2) is 31.7 Å². The summed E-state index contributed by atoms with van der Waals surface area (Å²) in [6, 6.07) is 0.801. The van der Waals surface area contributed by atoms with Crippen LogP contribution < -0.4 is 11.1 Å². The van der Waals surface area contributed by atoms with Gasteiger partial charge >= 0.3 is 6.18 Å². The second kappa shape index (κ2) is 5.32. The third-order valence-electron chi connectivity index (χ3n) is 2.77. The smallest absolute Gasteiger partial charge is 0.368 e. The van der Waals surface area contributed by atoms with Crippen molar-refractivity contribution in [1.29, 1.82) is 0 Å². The zero-order valence-corrected chi connectivity index (χ0v) is 10.7. The van der Waals surface area contributed by atoms with Crippen LogP contribution in [0.3, 0.4) is 0 Å². The fourth-order valence-corrected chi connectivity index (χ4v) is 3.13. The number of rotatable bonds is 2. The Morgan fingerprint density at radius 1 is 1.32 bits per heavy atom. The molecule has 0 saturated carbocycles. The molecule has 0 unspecified atom stereocenters. The van der Waals surface area contributed by atoms with Gasteiger partial charge in [-0.1, -0.05) is 0 Å². The van der Waals surface area contributed by atoms with Gasteiger partial charge in [0.2, 0.25) is 5.95 Å². The maximum atomic E-state index is 12.6. The molecule has 2 heterocycles. The molecule has 9 heteroatoms. The van der Waals surface area contributed by atoms with Crippen molar-refractivity contribution >= 4 is 22.6 Å². The van der Waals surface area contributed by atoms with Crippen LogP contribution in [0.5, 0.6) is 0 Å². The molecule has 1 aliphatic heterocycles. The zero-order valence-electron chi connectivity index (χ0n) is 9.91. The van der Waals surface area contributed by atoms with Gasteiger partial charge < -0.3 is 11.1 Å². The molecule has 0 aliphatic carbocycles. The standard InChI is InChI=1S/C10H13F3N4OS/c11-10(12,13)7-5-8(17-9(14)16-7)15-6-1-3-19(18)4-2-6/h5-6H,1-4H2,(H3,14,15,16,17). The fourth-order valence-electron chi connectivity index (χ4n) is 1.83. The predicted molar refractivity (Wildman–Crippen MR) is 66.0 cm³/mol. The number of aromatic nitrogens is 2. The molecule has 0 bridgehead atoms. The summed E-state index contributed by atoms with van der Waals surface area (Å²) in [5, 5.41) is 2.89. The normalized spacial score (nSPS) is 24.2. The number of anilines is 2. The fraction of sp³-hybridized carbons (Fsp3) is 0.600. The predicted octanol–water partition coefficient (Wildman–Crippen LogP) is 1.40. The molecule has 1 aliphatic rings. The van der Waals surface area contributed by atoms with Crippen molar-refractivity contribution in [3.8, 4) is 0 Å². The van der Waals surface area contributed by atoms with Crippen molar-refractivity contribution in [2.24, 2.45) is 0 Å². The van der Waals surface area contributed by atoms with Crippen molar-refractivity contribution < 1.29 is 17.4 Å². The molecule has 3 N–H and O–H groups in total. The molecule has 19 heavy (non-hydrogen) atoms. The molecule has 1 aromatic rings. The van der Waals surface area contributed by atoms with Crippen LogP contribution in [0.1, 0.15) is 18.5 Å². The topological polar surface area (TPSA) is 80.9 Å². The molecule has 0 radical (unpaired) electrons. The average Bonchev–Trinajstić information content (AvgIpc) is 2.30. The zero-order chi connectivity index (χ0) is 14.0. The van der Waals surface area contributed by atoms with Gasteiger partial charge in [0.05, 0.1) is 0 Å². The quantitative estimate of drug-likeness (QED) is 0.861. The number of nitrogens with zero attached hydrogens (tertiary/aromatic N) is 2. The lowest BCUT2D eigenvalue weighted by Gasteiger charge is -2.23. The number of alkyl halides is 3. The van der Waals surface area contributed by atoms with E-state index in [0.29, 0.717) is 24.3 Å². The van der Waals surface area contributed by atoms with Gasteiger partial charge in [-0.15, -0.1) is 0 Å². The molecule has 0 atom stereocenters. The Kier molecular flexibility index (Phi) is 3.93. The lowest BCUT2D eigenvalue weighted by Crippen LogP contribution is -2.30. The second-order valence-corrected chi connectivity index (χ2v) is 5.96. The Morgan fingerprint density at radius 3 is 2.53 bits per heavy atom. The summed E-state index contributed by atoms with van der Waals surface area (Å²) in [7, 11) is -0.819. The van der Waals surface area contributed by atoms with E-state index in [-0.39, 0.29) is 11.9 Å². The van der Waals surface area contributed by atoms with E-state index < -0.39 is 28.6 Å². The van der Waals surface area contributed by atoms with Gasteiger partial charge in [0, 0.05) is 34.4 Å². The first-order valence-electron chi connectivity index (χ1n) is 5.68. The minimum absolute atomic E-state index is 0.0342. The summed E-state index contributed by atoms with van der Waals surface area (Å²) >= 11 is 0. The molecule has 1 aromatic heterocycles. The Bertz CT molecular complexity index is 484. The van der Waals surface area contributed by atoms with Crippen LogP contribution in [0.4, 0.5) is 24.9 Å². The van der Waals surface area contributed by atoms with Gasteiger partial charge in [0.15, 0.2) is 5.69 Å². The number of hydrogen-bond acceptors (Lipinski definition) is 5. The first-order chi connectivity index (χ1) is 8.84. The van der Waals surface area contributed by atoms with Gasteiger partial charge in [-0.2, -0.15) is 18.2 Å². The van der Waals surface area contributed by atoms with Crippen LogP contribution in [0, 0.1) is 0 Å². The Hall–Kier alpha value is -1.38. The molecule has 0 aromatic carbocycles. The average molecular weight is 294 g/mol. The number of halogens is 3. The molecule has 2 rings (SSSR count). The van der Waals surface area contributed by atoms with E-state index in [1.807, 2.05) is 0 Å². The lowest BCUT2D eigenvalue weighted by atomic mass is 10.1. The summed E-state index contributed by atoms with van der Waals surface area (Å²) in [6.07, 6.45) is -3.28. The Labute approximate surface area is 110 Å². The van der Waals surface area contributed by atoms with Gasteiger partial charge in [-0.05, 0) is 12.8 Å². The maximum absolute atomic E-state index is 12.6. The van der Waals surface area contributed by atoms with Crippen molar-refractivity contribution in [1.82, 2.24) is 9.97 Å². The van der Waals surface area contributed by atoms with E-state index in [9.17, 15) is 17.4 Å². The number of nitrogen functional groups attached to an aromatic ring is 1. The van der Waals surface area contributed by atoms with Gasteiger partial charge in [0.25, 0.3) is 0 Å². The van der Waals surface area contributed by atoms with Crippen molar-refractivity contribution in [2.45, 2.75) is 25.1 Å². The summed E-state index contributed by atoms with van der Waals surface area (Å²) in [5.41, 5.74) is 4.20. The summed E-state index contributed by atoms with van der Waals surface area (Å²) < 4.78 is 48.9. The molecule has 1 fully saturated rings. The van der Waals surface area contributed by atoms with Gasteiger partial charge in [0.1, 0.15) is 5.82 Å². The van der Waals surface area contributed by atoms with E-state index in [2.05, 4.69) is 15.3 Å². The highest BCUT2D eigenvalue weighted by Gasteiger charge is 2.33. The largest absolute Gasteiger partial charge is 0.433 e. The summed E-state index contributed by atoms with van der Waals surface area (Å²) in [4.78, 5) is 6.90. The minimum atomic E-state index is -4.55. The number of nitrogens with two attached hydrogens (primary N) is 1. The molecule has 0 spiro atoms. The highest BCUT2D eigenvalue weighted by molar-refractivity contribution is 7.85. The minimum Gasteiger partial charge on any atom is -0.368 e. The Morgan fingerprint density at radius 2 is 1.95 bits per heavy atom. The van der Waals surface area contributed by atoms with Crippen LogP contribution in [0.2, 0.25) is 0 Å². The van der Waals surface area contributed by atoms with Gasteiger partial charge in [-0.3, -0.25) is 4.21 Å². The molecule has 0 amide bonds. The van der Waals surface area contributed by atoms with Crippen molar-refractivity contribution in [3.05, 3.63) is 11.8 Å². The summed E-state index contributed by atoms with van der Waals surface area (Å²) in [5.74, 6) is 0.726. The van der Waals surface area contributed by atoms with E-state index in [0.717, 1.165) is 6.07 Å². The van der Waals surface area contributed by atoms with E-state index in [1.54, 1.807) is 0 Å². The van der Waals surface area contributed by atoms with Crippen LogP contribution in [-0.2, 0) is 17.0 Å². The van der Waals surface area contributed by atoms with Crippen LogP contribution in [0.15, 0.2) is 6.07 Å². The second-order valence-electron chi connectivity index (χ2n) is 4.26. The maximum Gasteiger partial charge on any atom is 0.433 e. The Balaban J connectivity index is 2.12. The van der Waals surface area contributed by atoms with E-state index in [1.165, 1.54) is 0 Å². The molecular formula is C10H13F3N4OS. The van der Waals surface area contributed by atoms with E-state index in [4.69, 9.17) is 5.73 Å². The SMILES string of the molecule is Nc1nc(NC2CCS(=O)CC2)cc(C(F)(F)F)n1. The van der Waals surface area contributed by atoms with Crippen molar-refractivity contribution in [3.63, 3.8) is 0 Å². The first-order valence-corrected chi connectivity index (χ1v) is 7.16. The van der Waals surface area contributed by atoms with Crippen LogP contribution in [0.25, 0.3) is 0 Å². The molecular weight excluding hydrogens is 281 g/mol. The highest BCUT2D eigenvalue weighted by Crippen LogP contribution is 2.29. The van der Waals surface area contributed by atoms with Crippen molar-refractivity contribution in [2.75, 3.05) is 22.6 Å². The third kappa shape index (κ3) is 3.79. The number of nitrogens with one attached hydrogen (secondary N) is 1. The van der Waals surface area contributed by atoms with Gasteiger partial charge in [-0.25, -0.2) is 4.98 Å². The molecule has 1 saturated heterocycles. The highest BCUT2D eigenvalue weighted by atomic mass is 32.2. The first kappa shape index (κ1) is 14.0. The third-order valence-corrected chi connectivity index (χ3v) is 4.16. The monoisotopic (exact) mass is 294 g/mol. The number of hydrogen-bond donors (Lipinski definition) is 2. The van der Waals surface area contributed by atoms with E-state index >= 15 is 0 Å². The summed E-state index contributed by atoms with van der Waals surface area (Å²) in [6.45, 7) is 0. The van der Waals surface area contributed by atoms with Crippen LogP contribution >= 0.6 is 0 Å². The molecule has 106 valence electrons. The molecule has 5 nitrogen and oxygen atoms in total.